The summed E-state index contributed by atoms with van der Waals surface area (Å²) in [4.78, 5) is 0. The fourth-order valence-electron chi connectivity index (χ4n) is 6.26. The molecule has 0 aliphatic heterocycles. The minimum atomic E-state index is 0.298. The summed E-state index contributed by atoms with van der Waals surface area (Å²) in [6, 6.07) is 8.45. The Bertz CT molecular complexity index is 879. The normalized spacial score (nSPS) is 15.4. The van der Waals surface area contributed by atoms with Gasteiger partial charge in [0.2, 0.25) is 0 Å². The molecule has 2 heteroatoms. The number of rotatable bonds is 12. The third kappa shape index (κ3) is 8.58. The van der Waals surface area contributed by atoms with Crippen molar-refractivity contribution in [2.24, 2.45) is 23.7 Å². The molecule has 0 saturated carbocycles. The predicted molar refractivity (Wildman–Crippen MR) is 152 cm³/mol. The number of hydrogen-bond donors (Lipinski definition) is 2. The van der Waals surface area contributed by atoms with Crippen molar-refractivity contribution in [3.63, 3.8) is 0 Å². The lowest BCUT2D eigenvalue weighted by Crippen LogP contribution is -2.07. The van der Waals surface area contributed by atoms with Gasteiger partial charge in [0, 0.05) is 6.42 Å². The second kappa shape index (κ2) is 12.8. The highest BCUT2D eigenvalue weighted by molar-refractivity contribution is 5.52. The summed E-state index contributed by atoms with van der Waals surface area (Å²) < 4.78 is 0. The number of phenols is 2. The van der Waals surface area contributed by atoms with E-state index in [1.54, 1.807) is 0 Å². The molecule has 2 nitrogen and oxygen atoms in total. The summed E-state index contributed by atoms with van der Waals surface area (Å²) in [5, 5.41) is 22.6. The van der Waals surface area contributed by atoms with E-state index in [0.717, 1.165) is 35.1 Å². The van der Waals surface area contributed by atoms with Crippen LogP contribution in [-0.2, 0) is 6.42 Å². The molecular weight excluding hydrogens is 428 g/mol. The van der Waals surface area contributed by atoms with E-state index in [1.807, 2.05) is 0 Å². The molecule has 35 heavy (non-hydrogen) atoms. The zero-order valence-electron chi connectivity index (χ0n) is 24.2. The van der Waals surface area contributed by atoms with Crippen LogP contribution >= 0.6 is 0 Å². The average Bonchev–Trinajstić information content (AvgIpc) is 2.71. The van der Waals surface area contributed by atoms with Crippen molar-refractivity contribution in [2.75, 3.05) is 0 Å². The van der Waals surface area contributed by atoms with Gasteiger partial charge in [-0.25, -0.2) is 0 Å². The summed E-state index contributed by atoms with van der Waals surface area (Å²) in [5.74, 6) is 4.02. The zero-order valence-corrected chi connectivity index (χ0v) is 24.2. The molecule has 0 aliphatic rings. The molecule has 4 atom stereocenters. The Kier molecular flexibility index (Phi) is 10.7. The molecule has 2 rings (SSSR count). The van der Waals surface area contributed by atoms with E-state index >= 15 is 0 Å². The largest absolute Gasteiger partial charge is 0.507 e. The van der Waals surface area contributed by atoms with Crippen LogP contribution in [0.4, 0.5) is 0 Å². The molecule has 0 bridgehead atoms. The van der Waals surface area contributed by atoms with Gasteiger partial charge in [0.1, 0.15) is 11.5 Å². The van der Waals surface area contributed by atoms with Gasteiger partial charge in [0.15, 0.2) is 0 Å². The number of benzene rings is 2. The Labute approximate surface area is 216 Å². The lowest BCUT2D eigenvalue weighted by atomic mass is 9.83. The molecule has 196 valence electrons. The van der Waals surface area contributed by atoms with Gasteiger partial charge in [-0.3, -0.25) is 0 Å². The molecule has 2 aromatic rings. The first-order chi connectivity index (χ1) is 16.3. The third-order valence-electron chi connectivity index (χ3n) is 7.43. The van der Waals surface area contributed by atoms with E-state index in [9.17, 15) is 10.2 Å². The number of aromatic hydroxyl groups is 2. The molecule has 0 aliphatic carbocycles. The molecule has 0 aromatic heterocycles. The summed E-state index contributed by atoms with van der Waals surface area (Å²) in [6.45, 7) is 22.4. The molecule has 2 aromatic carbocycles. The monoisotopic (exact) mass is 480 g/mol. The van der Waals surface area contributed by atoms with Crippen molar-refractivity contribution in [1.29, 1.82) is 0 Å². The smallest absolute Gasteiger partial charge is 0.122 e. The first-order valence-corrected chi connectivity index (χ1v) is 13.9. The van der Waals surface area contributed by atoms with E-state index in [-0.39, 0.29) is 0 Å². The third-order valence-corrected chi connectivity index (χ3v) is 7.43. The van der Waals surface area contributed by atoms with Gasteiger partial charge in [-0.2, -0.15) is 0 Å². The highest BCUT2D eigenvalue weighted by Crippen LogP contribution is 2.39. The van der Waals surface area contributed by atoms with Crippen molar-refractivity contribution < 1.29 is 10.2 Å². The summed E-state index contributed by atoms with van der Waals surface area (Å²) in [7, 11) is 0. The van der Waals surface area contributed by atoms with E-state index in [1.165, 1.54) is 24.0 Å². The van der Waals surface area contributed by atoms with Gasteiger partial charge in [0.05, 0.1) is 0 Å². The van der Waals surface area contributed by atoms with Gasteiger partial charge in [-0.1, -0.05) is 90.8 Å². The van der Waals surface area contributed by atoms with Gasteiger partial charge < -0.3 is 10.2 Å². The highest BCUT2D eigenvalue weighted by Gasteiger charge is 2.21. The van der Waals surface area contributed by atoms with Crippen LogP contribution in [0, 0.1) is 37.5 Å². The highest BCUT2D eigenvalue weighted by atomic mass is 16.3. The van der Waals surface area contributed by atoms with Crippen molar-refractivity contribution in [2.45, 2.75) is 113 Å². The molecule has 0 amide bonds. The van der Waals surface area contributed by atoms with Crippen LogP contribution in [0.15, 0.2) is 24.3 Å². The quantitative estimate of drug-likeness (QED) is 0.317. The first kappa shape index (κ1) is 29.3. The number of hydrogen-bond acceptors (Lipinski definition) is 2. The lowest BCUT2D eigenvalue weighted by Gasteiger charge is -2.23. The SMILES string of the molecule is Cc1cc(Cc2cc(C)cc(C(C)CC(C)CC(C)C)c2O)c(O)c(C(C)CC(C)CC(C)C)c1. The minimum absolute atomic E-state index is 0.298. The van der Waals surface area contributed by atoms with Crippen LogP contribution in [-0.4, -0.2) is 10.2 Å². The Morgan fingerprint density at radius 3 is 1.20 bits per heavy atom. The minimum Gasteiger partial charge on any atom is -0.507 e. The summed E-state index contributed by atoms with van der Waals surface area (Å²) in [5.41, 5.74) is 6.24. The standard InChI is InChI=1S/C33H52O2/c1-20(2)11-22(5)13-26(9)30-17-24(7)15-28(32(30)34)19-29-16-25(8)18-31(33(29)35)27(10)14-23(6)12-21(3)4/h15-18,20-23,26-27,34-35H,11-14,19H2,1-10H3. The molecule has 0 radical (unpaired) electrons. The van der Waals surface area contributed by atoms with Crippen LogP contribution in [0.25, 0.3) is 0 Å². The molecule has 0 fully saturated rings. The maximum absolute atomic E-state index is 11.3. The Morgan fingerprint density at radius 1 is 0.543 bits per heavy atom. The second-order valence-corrected chi connectivity index (χ2v) is 12.6. The molecule has 0 spiro atoms. The van der Waals surface area contributed by atoms with Crippen molar-refractivity contribution in [1.82, 2.24) is 0 Å². The van der Waals surface area contributed by atoms with Crippen LogP contribution in [0.3, 0.4) is 0 Å². The maximum atomic E-state index is 11.3. The topological polar surface area (TPSA) is 40.5 Å². The fraction of sp³-hybridized carbons (Fsp3) is 0.636. The molecule has 2 N–H and O–H groups in total. The molecular formula is C33H52O2. The van der Waals surface area contributed by atoms with E-state index in [0.29, 0.717) is 53.4 Å². The van der Waals surface area contributed by atoms with Crippen molar-refractivity contribution in [3.05, 3.63) is 57.6 Å². The van der Waals surface area contributed by atoms with Crippen LogP contribution in [0.2, 0.25) is 0 Å². The lowest BCUT2D eigenvalue weighted by molar-refractivity contribution is 0.384. The number of aryl methyl sites for hydroxylation is 2. The van der Waals surface area contributed by atoms with E-state index in [2.05, 4.69) is 93.5 Å². The fourth-order valence-corrected chi connectivity index (χ4v) is 6.26. The number of phenolic OH excluding ortho intramolecular Hbond substituents is 2. The van der Waals surface area contributed by atoms with E-state index in [4.69, 9.17) is 0 Å². The van der Waals surface area contributed by atoms with Crippen LogP contribution in [0.1, 0.15) is 126 Å². The predicted octanol–water partition coefficient (Wildman–Crippen LogP) is 9.66. The molecule has 0 saturated heterocycles. The van der Waals surface area contributed by atoms with Gasteiger partial charge in [0.25, 0.3) is 0 Å². The summed E-state index contributed by atoms with van der Waals surface area (Å²) in [6.07, 6.45) is 5.10. The van der Waals surface area contributed by atoms with E-state index < -0.39 is 0 Å². The Balaban J connectivity index is 2.33. The Hall–Kier alpha value is -1.96. The summed E-state index contributed by atoms with van der Waals surface area (Å²) >= 11 is 0. The van der Waals surface area contributed by atoms with Crippen molar-refractivity contribution >= 4 is 0 Å². The van der Waals surface area contributed by atoms with Gasteiger partial charge in [-0.15, -0.1) is 0 Å². The second-order valence-electron chi connectivity index (χ2n) is 12.6. The van der Waals surface area contributed by atoms with Gasteiger partial charge in [-0.05, 0) is 97.3 Å². The first-order valence-electron chi connectivity index (χ1n) is 13.9. The van der Waals surface area contributed by atoms with Gasteiger partial charge >= 0.3 is 0 Å². The van der Waals surface area contributed by atoms with Crippen LogP contribution in [0.5, 0.6) is 11.5 Å². The molecule has 0 heterocycles. The van der Waals surface area contributed by atoms with Crippen LogP contribution < -0.4 is 0 Å². The van der Waals surface area contributed by atoms with Crippen molar-refractivity contribution in [3.8, 4) is 11.5 Å². The average molecular weight is 481 g/mol. The zero-order chi connectivity index (χ0) is 26.4. The molecule has 4 unspecified atom stereocenters. The Morgan fingerprint density at radius 2 is 0.886 bits per heavy atom. The maximum Gasteiger partial charge on any atom is 0.122 e.